The Labute approximate surface area is 188 Å². The topological polar surface area (TPSA) is 116 Å². The molecule has 0 atom stereocenters. The van der Waals surface area contributed by atoms with E-state index < -0.39 is 11.8 Å². The summed E-state index contributed by atoms with van der Waals surface area (Å²) in [4.78, 5) is 19.2. The first-order valence-corrected chi connectivity index (χ1v) is 10.4. The number of nitrogens with two attached hydrogens (primary N) is 1. The second-order valence-electron chi connectivity index (χ2n) is 7.96. The lowest BCUT2D eigenvalue weighted by molar-refractivity contribution is -0.131. The van der Waals surface area contributed by atoms with E-state index in [1.807, 2.05) is 18.2 Å². The van der Waals surface area contributed by atoms with Crippen LogP contribution in [0, 0.1) is 11.7 Å². The second-order valence-corrected chi connectivity index (χ2v) is 7.96. The van der Waals surface area contributed by atoms with Gasteiger partial charge in [0.2, 0.25) is 0 Å². The van der Waals surface area contributed by atoms with Gasteiger partial charge < -0.3 is 15.6 Å². The number of hydrogen-bond donors (Lipinski definition) is 2. The Kier molecular flexibility index (Phi) is 5.21. The maximum absolute atomic E-state index is 15.1. The molecule has 0 spiro atoms. The van der Waals surface area contributed by atoms with Crippen LogP contribution in [0.25, 0.3) is 22.3 Å². The number of para-hydroxylation sites is 1. The Bertz CT molecular complexity index is 1380. The average Bonchev–Trinajstić information content (AvgIpc) is 3.12. The number of hydrogen-bond acceptors (Lipinski definition) is 6. The maximum atomic E-state index is 15.1. The van der Waals surface area contributed by atoms with Crippen molar-refractivity contribution in [2.45, 2.75) is 19.4 Å². The van der Waals surface area contributed by atoms with Crippen LogP contribution in [0.5, 0.6) is 11.5 Å². The Balaban J connectivity index is 1.46. The average molecular weight is 445 g/mol. The van der Waals surface area contributed by atoms with E-state index in [-0.39, 0.29) is 17.3 Å². The molecule has 0 saturated heterocycles. The molecule has 9 heteroatoms. The summed E-state index contributed by atoms with van der Waals surface area (Å²) in [6, 6.07) is 13.7. The number of nitrogen functional groups attached to an aromatic ring is 1. The fourth-order valence-corrected chi connectivity index (χ4v) is 4.07. The predicted molar refractivity (Wildman–Crippen MR) is 120 cm³/mol. The van der Waals surface area contributed by atoms with Crippen LogP contribution in [-0.4, -0.2) is 30.8 Å². The van der Waals surface area contributed by atoms with E-state index in [0.29, 0.717) is 47.6 Å². The van der Waals surface area contributed by atoms with Gasteiger partial charge in [0, 0.05) is 24.3 Å². The zero-order valence-electron chi connectivity index (χ0n) is 17.5. The highest BCUT2D eigenvalue weighted by Crippen LogP contribution is 2.37. The molecule has 0 unspecified atom stereocenters. The zero-order chi connectivity index (χ0) is 22.9. The summed E-state index contributed by atoms with van der Waals surface area (Å²) in [5.74, 6) is -0.0458. The van der Waals surface area contributed by atoms with Crippen LogP contribution in [0.2, 0.25) is 0 Å². The highest BCUT2D eigenvalue weighted by atomic mass is 19.1. The summed E-state index contributed by atoms with van der Waals surface area (Å²) in [6.45, 7) is 0.515. The minimum atomic E-state index is -0.939. The van der Waals surface area contributed by atoms with Gasteiger partial charge in [0.05, 0.1) is 5.39 Å². The standard InChI is InChI=1S/C24H20FN5O3/c25-19-11-17(33-16-4-2-1-3-5-16)6-7-18(19)22-21-23(26)27-13-28-24(21)30(29-22)12-15-8-14(9-15)10-20(31)32/h1-7,10-11,13,15H,8-9,12H2,(H,31,32)(H2,26,27,28). The largest absolute Gasteiger partial charge is 0.478 e. The Hall–Kier alpha value is -4.27. The number of allylic oxidation sites excluding steroid dienone is 1. The van der Waals surface area contributed by atoms with Crippen molar-refractivity contribution in [3.8, 4) is 22.8 Å². The third-order valence-corrected chi connectivity index (χ3v) is 5.59. The second kappa shape index (κ2) is 8.34. The Morgan fingerprint density at radius 1 is 1.18 bits per heavy atom. The van der Waals surface area contributed by atoms with Crippen LogP contribution in [0.15, 0.2) is 66.5 Å². The van der Waals surface area contributed by atoms with Gasteiger partial charge in [0.1, 0.15) is 35.2 Å². The Morgan fingerprint density at radius 3 is 2.70 bits per heavy atom. The van der Waals surface area contributed by atoms with Gasteiger partial charge in [0.15, 0.2) is 5.65 Å². The van der Waals surface area contributed by atoms with Gasteiger partial charge in [-0.05, 0) is 43.0 Å². The zero-order valence-corrected chi connectivity index (χ0v) is 17.5. The van der Waals surface area contributed by atoms with E-state index >= 15 is 4.39 Å². The van der Waals surface area contributed by atoms with E-state index in [2.05, 4.69) is 15.1 Å². The Morgan fingerprint density at radius 2 is 1.97 bits per heavy atom. The molecule has 2 heterocycles. The minimum absolute atomic E-state index is 0.213. The van der Waals surface area contributed by atoms with E-state index in [0.717, 1.165) is 5.57 Å². The quantitative estimate of drug-likeness (QED) is 0.422. The smallest absolute Gasteiger partial charge is 0.328 e. The number of aromatic nitrogens is 4. The lowest BCUT2D eigenvalue weighted by Crippen LogP contribution is -2.22. The number of rotatable bonds is 6. The number of carboxylic acid groups (broad SMARTS) is 1. The number of fused-ring (bicyclic) bond motifs is 1. The van der Waals surface area contributed by atoms with Crippen molar-refractivity contribution in [1.29, 1.82) is 0 Å². The van der Waals surface area contributed by atoms with Crippen LogP contribution in [0.1, 0.15) is 12.8 Å². The van der Waals surface area contributed by atoms with Crippen molar-refractivity contribution < 1.29 is 19.0 Å². The lowest BCUT2D eigenvalue weighted by atomic mass is 9.80. The highest BCUT2D eigenvalue weighted by Gasteiger charge is 2.27. The van der Waals surface area contributed by atoms with Crippen molar-refractivity contribution in [1.82, 2.24) is 19.7 Å². The molecule has 1 fully saturated rings. The van der Waals surface area contributed by atoms with E-state index in [1.165, 1.54) is 18.5 Å². The van der Waals surface area contributed by atoms with Gasteiger partial charge in [-0.3, -0.25) is 0 Å². The van der Waals surface area contributed by atoms with Crippen molar-refractivity contribution in [2.75, 3.05) is 5.73 Å². The SMILES string of the molecule is Nc1ncnc2c1c(-c1ccc(Oc3ccccc3)cc1F)nn2CC1CC(=CC(=O)O)C1. The summed E-state index contributed by atoms with van der Waals surface area (Å²) in [7, 11) is 0. The number of nitrogens with zero attached hydrogens (tertiary/aromatic N) is 4. The van der Waals surface area contributed by atoms with Crippen molar-refractivity contribution in [3.05, 3.63) is 72.3 Å². The van der Waals surface area contributed by atoms with E-state index in [4.69, 9.17) is 15.6 Å². The van der Waals surface area contributed by atoms with Gasteiger partial charge in [-0.2, -0.15) is 5.10 Å². The first-order valence-electron chi connectivity index (χ1n) is 10.4. The molecular weight excluding hydrogens is 425 g/mol. The number of carboxylic acids is 1. The summed E-state index contributed by atoms with van der Waals surface area (Å²) < 4.78 is 22.6. The minimum Gasteiger partial charge on any atom is -0.478 e. The molecule has 2 aromatic heterocycles. The van der Waals surface area contributed by atoms with Gasteiger partial charge in [-0.1, -0.05) is 23.8 Å². The van der Waals surface area contributed by atoms with Crippen LogP contribution in [-0.2, 0) is 11.3 Å². The van der Waals surface area contributed by atoms with Gasteiger partial charge >= 0.3 is 5.97 Å². The van der Waals surface area contributed by atoms with Crippen molar-refractivity contribution in [3.63, 3.8) is 0 Å². The van der Waals surface area contributed by atoms with Crippen LogP contribution < -0.4 is 10.5 Å². The maximum Gasteiger partial charge on any atom is 0.328 e. The number of ether oxygens (including phenoxy) is 1. The van der Waals surface area contributed by atoms with Crippen molar-refractivity contribution in [2.24, 2.45) is 5.92 Å². The lowest BCUT2D eigenvalue weighted by Gasteiger charge is -2.28. The summed E-state index contributed by atoms with van der Waals surface area (Å²) in [5.41, 5.74) is 8.14. The number of benzene rings is 2. The fraction of sp³-hybridized carbons (Fsp3) is 0.167. The molecule has 1 saturated carbocycles. The summed E-state index contributed by atoms with van der Waals surface area (Å²) >= 11 is 0. The van der Waals surface area contributed by atoms with Crippen LogP contribution in [0.3, 0.4) is 0 Å². The molecule has 33 heavy (non-hydrogen) atoms. The third-order valence-electron chi connectivity index (χ3n) is 5.59. The number of anilines is 1. The molecule has 1 aliphatic carbocycles. The number of halogens is 1. The first-order chi connectivity index (χ1) is 16.0. The summed E-state index contributed by atoms with van der Waals surface area (Å²) in [5, 5.41) is 14.0. The summed E-state index contributed by atoms with van der Waals surface area (Å²) in [6.07, 6.45) is 3.94. The van der Waals surface area contributed by atoms with Gasteiger partial charge in [0.25, 0.3) is 0 Å². The van der Waals surface area contributed by atoms with Crippen molar-refractivity contribution >= 4 is 22.8 Å². The van der Waals surface area contributed by atoms with Gasteiger partial charge in [-0.15, -0.1) is 0 Å². The highest BCUT2D eigenvalue weighted by molar-refractivity contribution is 5.98. The molecule has 2 aromatic carbocycles. The third kappa shape index (κ3) is 4.12. The van der Waals surface area contributed by atoms with Crippen LogP contribution >= 0.6 is 0 Å². The van der Waals surface area contributed by atoms with Crippen LogP contribution in [0.4, 0.5) is 10.2 Å². The first kappa shape index (κ1) is 20.6. The molecule has 0 radical (unpaired) electrons. The number of aliphatic carboxylic acids is 1. The normalized spacial score (nSPS) is 15.3. The molecule has 1 aliphatic rings. The monoisotopic (exact) mass is 445 g/mol. The molecule has 5 rings (SSSR count). The van der Waals surface area contributed by atoms with Gasteiger partial charge in [-0.25, -0.2) is 23.8 Å². The molecular formula is C24H20FN5O3. The molecule has 8 nitrogen and oxygen atoms in total. The fourth-order valence-electron chi connectivity index (χ4n) is 4.07. The molecule has 0 aliphatic heterocycles. The molecule has 0 bridgehead atoms. The number of carbonyl (C=O) groups is 1. The predicted octanol–water partition coefficient (Wildman–Crippen LogP) is 4.43. The molecule has 0 amide bonds. The molecule has 166 valence electrons. The van der Waals surface area contributed by atoms with E-state index in [1.54, 1.807) is 28.9 Å². The molecule has 3 N–H and O–H groups in total. The van der Waals surface area contributed by atoms with E-state index in [9.17, 15) is 4.79 Å². The molecule has 4 aromatic rings.